The Bertz CT molecular complexity index is 1060. The Morgan fingerprint density at radius 2 is 1.72 bits per heavy atom. The lowest BCUT2D eigenvalue weighted by Gasteiger charge is -2.36. The molecule has 2 aromatic carbocycles. The molecule has 4 rings (SSSR count). The van der Waals surface area contributed by atoms with Crippen molar-refractivity contribution in [3.63, 3.8) is 0 Å². The number of benzene rings is 2. The molecule has 0 aliphatic carbocycles. The third kappa shape index (κ3) is 5.29. The van der Waals surface area contributed by atoms with Crippen molar-refractivity contribution in [1.82, 2.24) is 19.8 Å². The van der Waals surface area contributed by atoms with E-state index in [0.29, 0.717) is 6.04 Å². The Kier molecular flexibility index (Phi) is 7.07. The van der Waals surface area contributed by atoms with E-state index in [1.807, 2.05) is 65.7 Å². The van der Waals surface area contributed by atoms with Crippen LogP contribution in [0.3, 0.4) is 0 Å². The number of piperidine rings is 1. The van der Waals surface area contributed by atoms with Crippen molar-refractivity contribution in [3.05, 3.63) is 78.2 Å². The van der Waals surface area contributed by atoms with E-state index >= 15 is 0 Å². The minimum absolute atomic E-state index is 0.117. The number of hydrogen-bond donors (Lipinski definition) is 0. The fraction of sp³-hybridized carbons (Fsp3) is 0.320. The predicted molar refractivity (Wildman–Crippen MR) is 127 cm³/mol. The zero-order valence-corrected chi connectivity index (χ0v) is 19.3. The molecule has 1 aliphatic rings. The van der Waals surface area contributed by atoms with Gasteiger partial charge in [-0.25, -0.2) is 0 Å². The first-order valence-electron chi connectivity index (χ1n) is 10.8. The van der Waals surface area contributed by atoms with Gasteiger partial charge in [0.25, 0.3) is 5.91 Å². The Hall–Kier alpha value is -2.90. The molecule has 0 radical (unpaired) electrons. The summed E-state index contributed by atoms with van der Waals surface area (Å²) in [4.78, 5) is 26.9. The SMILES string of the molecule is CN(Cc1cnc(-c2ccc(S(C)=O)cc2)cn1)C1CCN(C(=O)c2ccccc2)CC1. The van der Waals surface area contributed by atoms with Crippen LogP contribution in [0.5, 0.6) is 0 Å². The average Bonchev–Trinajstić information content (AvgIpc) is 2.85. The van der Waals surface area contributed by atoms with Crippen LogP contribution in [0.4, 0.5) is 0 Å². The molecule has 0 N–H and O–H groups in total. The molecule has 6 nitrogen and oxygen atoms in total. The van der Waals surface area contributed by atoms with E-state index in [1.54, 1.807) is 12.5 Å². The summed E-state index contributed by atoms with van der Waals surface area (Å²) >= 11 is 0. The van der Waals surface area contributed by atoms with Gasteiger partial charge in [-0.05, 0) is 44.2 Å². The van der Waals surface area contributed by atoms with Gasteiger partial charge < -0.3 is 4.90 Å². The number of nitrogens with zero attached hydrogens (tertiary/aromatic N) is 4. The summed E-state index contributed by atoms with van der Waals surface area (Å²) in [6.45, 7) is 2.26. The lowest BCUT2D eigenvalue weighted by Crippen LogP contribution is -2.45. The van der Waals surface area contributed by atoms with Crippen molar-refractivity contribution in [2.45, 2.75) is 30.3 Å². The fourth-order valence-corrected chi connectivity index (χ4v) is 4.58. The fourth-order valence-electron chi connectivity index (χ4n) is 4.06. The molecule has 1 unspecified atom stereocenters. The number of aromatic nitrogens is 2. The van der Waals surface area contributed by atoms with E-state index in [4.69, 9.17) is 0 Å². The van der Waals surface area contributed by atoms with Crippen LogP contribution in [0, 0.1) is 0 Å². The molecule has 1 aromatic heterocycles. The maximum Gasteiger partial charge on any atom is 0.253 e. The zero-order valence-electron chi connectivity index (χ0n) is 18.5. The average molecular weight is 449 g/mol. The lowest BCUT2D eigenvalue weighted by atomic mass is 10.0. The van der Waals surface area contributed by atoms with Crippen molar-refractivity contribution < 1.29 is 9.00 Å². The van der Waals surface area contributed by atoms with Gasteiger partial charge >= 0.3 is 0 Å². The van der Waals surface area contributed by atoms with Gasteiger partial charge in [0.05, 0.1) is 23.8 Å². The maximum absolute atomic E-state index is 12.6. The number of carbonyl (C=O) groups is 1. The molecule has 32 heavy (non-hydrogen) atoms. The van der Waals surface area contributed by atoms with E-state index in [1.165, 1.54) is 0 Å². The highest BCUT2D eigenvalue weighted by molar-refractivity contribution is 7.84. The third-order valence-electron chi connectivity index (χ3n) is 5.99. The minimum atomic E-state index is -0.985. The quantitative estimate of drug-likeness (QED) is 0.576. The van der Waals surface area contributed by atoms with Crippen LogP contribution in [0.2, 0.25) is 0 Å². The molecule has 3 aromatic rings. The maximum atomic E-state index is 12.6. The number of rotatable bonds is 6. The van der Waals surface area contributed by atoms with Crippen molar-refractivity contribution in [2.24, 2.45) is 0 Å². The second-order valence-corrected chi connectivity index (χ2v) is 9.56. The Balaban J connectivity index is 1.31. The molecule has 0 bridgehead atoms. The van der Waals surface area contributed by atoms with Gasteiger partial charge in [0.15, 0.2) is 0 Å². The van der Waals surface area contributed by atoms with E-state index in [0.717, 1.165) is 59.9 Å². The molecule has 0 saturated carbocycles. The van der Waals surface area contributed by atoms with Crippen molar-refractivity contribution in [3.8, 4) is 11.3 Å². The number of hydrogen-bond acceptors (Lipinski definition) is 5. The Morgan fingerprint density at radius 1 is 1.03 bits per heavy atom. The number of amides is 1. The second kappa shape index (κ2) is 10.1. The highest BCUT2D eigenvalue weighted by Gasteiger charge is 2.26. The summed E-state index contributed by atoms with van der Waals surface area (Å²) in [5.41, 5.74) is 3.44. The Labute approximate surface area is 191 Å². The van der Waals surface area contributed by atoms with Gasteiger partial charge in [0.2, 0.25) is 0 Å². The molecule has 1 saturated heterocycles. The monoisotopic (exact) mass is 448 g/mol. The van der Waals surface area contributed by atoms with Crippen molar-refractivity contribution in [2.75, 3.05) is 26.4 Å². The summed E-state index contributed by atoms with van der Waals surface area (Å²) < 4.78 is 11.5. The lowest BCUT2D eigenvalue weighted by molar-refractivity contribution is 0.0638. The highest BCUT2D eigenvalue weighted by atomic mass is 32.2. The summed E-state index contributed by atoms with van der Waals surface area (Å²) in [5, 5.41) is 0. The molecular weight excluding hydrogens is 420 g/mol. The van der Waals surface area contributed by atoms with Crippen LogP contribution < -0.4 is 0 Å². The van der Waals surface area contributed by atoms with Crippen LogP contribution in [-0.4, -0.2) is 62.3 Å². The molecule has 1 fully saturated rings. The van der Waals surface area contributed by atoms with E-state index in [2.05, 4.69) is 21.9 Å². The molecule has 166 valence electrons. The van der Waals surface area contributed by atoms with E-state index in [-0.39, 0.29) is 5.91 Å². The minimum Gasteiger partial charge on any atom is -0.339 e. The van der Waals surface area contributed by atoms with Crippen LogP contribution in [0.15, 0.2) is 71.9 Å². The van der Waals surface area contributed by atoms with Crippen molar-refractivity contribution >= 4 is 16.7 Å². The summed E-state index contributed by atoms with van der Waals surface area (Å²) in [5.74, 6) is 0.117. The number of likely N-dealkylation sites (tertiary alicyclic amines) is 1. The van der Waals surface area contributed by atoms with Crippen LogP contribution in [0.25, 0.3) is 11.3 Å². The van der Waals surface area contributed by atoms with Gasteiger partial charge in [-0.15, -0.1) is 0 Å². The normalized spacial score (nSPS) is 15.7. The molecule has 1 aliphatic heterocycles. The molecule has 1 atom stereocenters. The first kappa shape index (κ1) is 22.3. The molecule has 0 spiro atoms. The topological polar surface area (TPSA) is 66.4 Å². The van der Waals surface area contributed by atoms with Gasteiger partial charge in [0.1, 0.15) is 0 Å². The highest BCUT2D eigenvalue weighted by Crippen LogP contribution is 2.21. The van der Waals surface area contributed by atoms with Gasteiger partial charge in [-0.1, -0.05) is 30.3 Å². The van der Waals surface area contributed by atoms with Crippen LogP contribution >= 0.6 is 0 Å². The summed E-state index contributed by atoms with van der Waals surface area (Å²) in [6, 6.07) is 17.5. The van der Waals surface area contributed by atoms with Crippen LogP contribution in [-0.2, 0) is 17.3 Å². The summed E-state index contributed by atoms with van der Waals surface area (Å²) in [6.07, 6.45) is 7.19. The Morgan fingerprint density at radius 3 is 2.31 bits per heavy atom. The molecular formula is C25H28N4O2S. The summed E-state index contributed by atoms with van der Waals surface area (Å²) in [7, 11) is 1.12. The predicted octanol–water partition coefficient (Wildman–Crippen LogP) is 3.62. The first-order chi connectivity index (χ1) is 15.5. The molecule has 7 heteroatoms. The van der Waals surface area contributed by atoms with Crippen molar-refractivity contribution in [1.29, 1.82) is 0 Å². The van der Waals surface area contributed by atoms with Gasteiger partial charge in [0, 0.05) is 58.8 Å². The smallest absolute Gasteiger partial charge is 0.253 e. The largest absolute Gasteiger partial charge is 0.339 e. The van der Waals surface area contributed by atoms with Crippen LogP contribution in [0.1, 0.15) is 28.9 Å². The van der Waals surface area contributed by atoms with E-state index < -0.39 is 10.8 Å². The van der Waals surface area contributed by atoms with Gasteiger partial charge in [-0.2, -0.15) is 0 Å². The first-order valence-corrected chi connectivity index (χ1v) is 12.4. The van der Waals surface area contributed by atoms with E-state index in [9.17, 15) is 9.00 Å². The van der Waals surface area contributed by atoms with Gasteiger partial charge in [-0.3, -0.25) is 23.9 Å². The standard InChI is InChI=1S/C25H28N4O2S/c1-28(22-12-14-29(15-13-22)25(30)20-6-4-3-5-7-20)18-21-16-27-24(17-26-21)19-8-10-23(11-9-19)32(2)31/h3-11,16-17,22H,12-15,18H2,1-2H3. The second-order valence-electron chi connectivity index (χ2n) is 8.18. The molecule has 1 amide bonds. The zero-order chi connectivity index (χ0) is 22.5. The third-order valence-corrected chi connectivity index (χ3v) is 6.93. The molecule has 2 heterocycles. The number of carbonyl (C=O) groups excluding carboxylic acids is 1.